The molecule has 0 bridgehead atoms. The lowest BCUT2D eigenvalue weighted by atomic mass is 9.98. The molecule has 0 spiro atoms. The average molecular weight is 284 g/mol. The third-order valence-electron chi connectivity index (χ3n) is 4.12. The molecule has 0 atom stereocenters. The van der Waals surface area contributed by atoms with Crippen molar-refractivity contribution in [3.63, 3.8) is 0 Å². The van der Waals surface area contributed by atoms with Crippen LogP contribution in [0.3, 0.4) is 0 Å². The molecule has 0 saturated carbocycles. The van der Waals surface area contributed by atoms with Crippen molar-refractivity contribution in [3.05, 3.63) is 78.9 Å². The summed E-state index contributed by atoms with van der Waals surface area (Å²) in [7, 11) is 1.72. The minimum absolute atomic E-state index is 0.905. The number of benzene rings is 4. The fraction of sp³-hybridized carbons (Fsp3) is 0.0476. The highest BCUT2D eigenvalue weighted by molar-refractivity contribution is 5.99. The first kappa shape index (κ1) is 12.9. The Morgan fingerprint density at radius 2 is 1.23 bits per heavy atom. The highest BCUT2D eigenvalue weighted by Gasteiger charge is 2.06. The van der Waals surface area contributed by atoms with E-state index in [-0.39, 0.29) is 0 Å². The summed E-state index contributed by atoms with van der Waals surface area (Å²) in [4.78, 5) is 0. The molecule has 22 heavy (non-hydrogen) atoms. The maximum absolute atomic E-state index is 5.48. The van der Waals surface area contributed by atoms with E-state index < -0.39 is 0 Å². The van der Waals surface area contributed by atoms with E-state index in [2.05, 4.69) is 60.7 Å². The maximum Gasteiger partial charge on any atom is 0.126 e. The summed E-state index contributed by atoms with van der Waals surface area (Å²) in [5, 5.41) is 5.06. The van der Waals surface area contributed by atoms with Crippen LogP contribution in [-0.4, -0.2) is 7.11 Å². The van der Waals surface area contributed by atoms with Crippen molar-refractivity contribution >= 4 is 21.5 Å². The van der Waals surface area contributed by atoms with E-state index in [0.717, 1.165) is 11.3 Å². The maximum atomic E-state index is 5.48. The monoisotopic (exact) mass is 284 g/mol. The topological polar surface area (TPSA) is 9.23 Å². The molecular formula is C21H16O. The van der Waals surface area contributed by atoms with E-state index >= 15 is 0 Å². The average Bonchev–Trinajstić information content (AvgIpc) is 2.59. The summed E-state index contributed by atoms with van der Waals surface area (Å²) >= 11 is 0. The van der Waals surface area contributed by atoms with Crippen LogP contribution in [0, 0.1) is 0 Å². The van der Waals surface area contributed by atoms with Crippen molar-refractivity contribution in [3.8, 4) is 16.9 Å². The van der Waals surface area contributed by atoms with Crippen LogP contribution in [0.2, 0.25) is 0 Å². The molecule has 0 N–H and O–H groups in total. The van der Waals surface area contributed by atoms with Crippen LogP contribution < -0.4 is 4.74 Å². The quantitative estimate of drug-likeness (QED) is 0.431. The Morgan fingerprint density at radius 3 is 2.00 bits per heavy atom. The van der Waals surface area contributed by atoms with Gasteiger partial charge in [-0.2, -0.15) is 0 Å². The highest BCUT2D eigenvalue weighted by atomic mass is 16.5. The molecule has 0 heterocycles. The Morgan fingerprint density at radius 1 is 0.591 bits per heavy atom. The molecule has 1 nitrogen and oxygen atoms in total. The normalized spacial score (nSPS) is 11.0. The Hall–Kier alpha value is -2.80. The number of hydrogen-bond acceptors (Lipinski definition) is 1. The van der Waals surface area contributed by atoms with Gasteiger partial charge in [-0.3, -0.25) is 0 Å². The molecule has 0 radical (unpaired) electrons. The second-order valence-electron chi connectivity index (χ2n) is 5.46. The zero-order valence-corrected chi connectivity index (χ0v) is 12.4. The molecule has 0 amide bonds. The van der Waals surface area contributed by atoms with Gasteiger partial charge in [-0.1, -0.05) is 54.6 Å². The minimum Gasteiger partial charge on any atom is -0.496 e. The SMILES string of the molecule is COc1ccccc1-c1ccc2cc3ccccc3cc2c1. The van der Waals surface area contributed by atoms with Crippen LogP contribution in [-0.2, 0) is 0 Å². The number of para-hydroxylation sites is 1. The third kappa shape index (κ3) is 2.11. The van der Waals surface area contributed by atoms with E-state index in [1.807, 2.05) is 18.2 Å². The fourth-order valence-electron chi connectivity index (χ4n) is 2.99. The van der Waals surface area contributed by atoms with E-state index in [1.165, 1.54) is 27.1 Å². The lowest BCUT2D eigenvalue weighted by Crippen LogP contribution is -1.87. The van der Waals surface area contributed by atoms with Crippen molar-refractivity contribution in [1.82, 2.24) is 0 Å². The predicted molar refractivity (Wildman–Crippen MR) is 93.4 cm³/mol. The van der Waals surface area contributed by atoms with Gasteiger partial charge < -0.3 is 4.74 Å². The largest absolute Gasteiger partial charge is 0.496 e. The summed E-state index contributed by atoms with van der Waals surface area (Å²) in [6.07, 6.45) is 0. The Balaban J connectivity index is 1.95. The molecule has 4 aromatic carbocycles. The first-order chi connectivity index (χ1) is 10.8. The van der Waals surface area contributed by atoms with Crippen LogP contribution in [0.5, 0.6) is 5.75 Å². The van der Waals surface area contributed by atoms with E-state index in [9.17, 15) is 0 Å². The molecule has 0 aliphatic heterocycles. The van der Waals surface area contributed by atoms with Crippen molar-refractivity contribution < 1.29 is 4.74 Å². The zero-order chi connectivity index (χ0) is 14.9. The number of rotatable bonds is 2. The second kappa shape index (κ2) is 5.19. The molecule has 0 saturated heterocycles. The Kier molecular flexibility index (Phi) is 3.05. The lowest BCUT2D eigenvalue weighted by Gasteiger charge is -2.10. The van der Waals surface area contributed by atoms with Gasteiger partial charge in [-0.15, -0.1) is 0 Å². The molecule has 4 rings (SSSR count). The first-order valence-electron chi connectivity index (χ1n) is 7.41. The zero-order valence-electron chi connectivity index (χ0n) is 12.4. The molecule has 0 aliphatic carbocycles. The first-order valence-corrected chi connectivity index (χ1v) is 7.41. The van der Waals surface area contributed by atoms with Crippen LogP contribution >= 0.6 is 0 Å². The second-order valence-corrected chi connectivity index (χ2v) is 5.46. The van der Waals surface area contributed by atoms with Gasteiger partial charge in [0, 0.05) is 5.56 Å². The summed E-state index contributed by atoms with van der Waals surface area (Å²) in [5.41, 5.74) is 2.31. The fourth-order valence-corrected chi connectivity index (χ4v) is 2.99. The lowest BCUT2D eigenvalue weighted by molar-refractivity contribution is 0.416. The van der Waals surface area contributed by atoms with Crippen LogP contribution in [0.15, 0.2) is 78.9 Å². The summed E-state index contributed by atoms with van der Waals surface area (Å²) in [5.74, 6) is 0.905. The van der Waals surface area contributed by atoms with Gasteiger partial charge in [0.25, 0.3) is 0 Å². The van der Waals surface area contributed by atoms with Crippen molar-refractivity contribution in [2.45, 2.75) is 0 Å². The molecule has 4 aromatic rings. The van der Waals surface area contributed by atoms with E-state index in [1.54, 1.807) is 7.11 Å². The standard InChI is InChI=1S/C21H16O/c1-22-21-9-5-4-8-20(21)18-11-10-17-12-15-6-2-3-7-16(15)13-19(17)14-18/h2-14H,1H3. The van der Waals surface area contributed by atoms with Crippen LogP contribution in [0.1, 0.15) is 0 Å². The molecule has 0 unspecified atom stereocenters. The van der Waals surface area contributed by atoms with Gasteiger partial charge >= 0.3 is 0 Å². The van der Waals surface area contributed by atoms with Crippen molar-refractivity contribution in [2.75, 3.05) is 7.11 Å². The van der Waals surface area contributed by atoms with Gasteiger partial charge in [0.2, 0.25) is 0 Å². The van der Waals surface area contributed by atoms with Gasteiger partial charge in [0.1, 0.15) is 5.75 Å². The molecule has 106 valence electrons. The third-order valence-corrected chi connectivity index (χ3v) is 4.12. The number of fused-ring (bicyclic) bond motifs is 2. The predicted octanol–water partition coefficient (Wildman–Crippen LogP) is 5.67. The van der Waals surface area contributed by atoms with Gasteiger partial charge in [-0.25, -0.2) is 0 Å². The summed E-state index contributed by atoms with van der Waals surface area (Å²) in [6.45, 7) is 0. The molecule has 1 heteroatoms. The van der Waals surface area contributed by atoms with Gasteiger partial charge in [-0.05, 0) is 51.4 Å². The molecule has 0 fully saturated rings. The van der Waals surface area contributed by atoms with Crippen molar-refractivity contribution in [2.24, 2.45) is 0 Å². The summed E-state index contributed by atoms with van der Waals surface area (Å²) in [6, 6.07) is 27.7. The molecule has 0 aliphatic rings. The summed E-state index contributed by atoms with van der Waals surface area (Å²) < 4.78 is 5.48. The smallest absolute Gasteiger partial charge is 0.126 e. The van der Waals surface area contributed by atoms with E-state index in [0.29, 0.717) is 0 Å². The number of ether oxygens (including phenoxy) is 1. The van der Waals surface area contributed by atoms with E-state index in [4.69, 9.17) is 4.74 Å². The minimum atomic E-state index is 0.905. The number of methoxy groups -OCH3 is 1. The van der Waals surface area contributed by atoms with Crippen LogP contribution in [0.4, 0.5) is 0 Å². The Bertz CT molecular complexity index is 970. The molecule has 0 aromatic heterocycles. The molecular weight excluding hydrogens is 268 g/mol. The highest BCUT2D eigenvalue weighted by Crippen LogP contribution is 2.32. The number of hydrogen-bond donors (Lipinski definition) is 0. The van der Waals surface area contributed by atoms with Gasteiger partial charge in [0.05, 0.1) is 7.11 Å². The Labute approximate surface area is 129 Å². The van der Waals surface area contributed by atoms with Gasteiger partial charge in [0.15, 0.2) is 0 Å². The van der Waals surface area contributed by atoms with Crippen LogP contribution in [0.25, 0.3) is 32.7 Å². The van der Waals surface area contributed by atoms with Crippen molar-refractivity contribution in [1.29, 1.82) is 0 Å².